The van der Waals surface area contributed by atoms with E-state index in [4.69, 9.17) is 0 Å². The van der Waals surface area contributed by atoms with Gasteiger partial charge in [0.15, 0.2) is 0 Å². The molecule has 0 heterocycles. The molecule has 0 atom stereocenters. The molecule has 1 aliphatic rings. The number of allylic oxidation sites excluding steroid dienone is 4. The van der Waals surface area contributed by atoms with Gasteiger partial charge in [0.2, 0.25) is 0 Å². The van der Waals surface area contributed by atoms with Crippen LogP contribution in [0, 0.1) is 6.92 Å². The van der Waals surface area contributed by atoms with E-state index in [1.807, 2.05) is 18.2 Å². The number of rotatable bonds is 0. The third kappa shape index (κ3) is 6.39. The molecule has 13 heavy (non-hydrogen) atoms. The minimum absolute atomic E-state index is 0. The summed E-state index contributed by atoms with van der Waals surface area (Å²) in [6, 6.07) is 10.3. The maximum absolute atomic E-state index is 2.12. The van der Waals surface area contributed by atoms with Gasteiger partial charge in [-0.3, -0.25) is 0 Å². The van der Waals surface area contributed by atoms with Crippen molar-refractivity contribution in [1.82, 2.24) is 0 Å². The van der Waals surface area contributed by atoms with Crippen LogP contribution in [-0.4, -0.2) is 0 Å². The molecule has 0 unspecified atom stereocenters. The maximum atomic E-state index is 2.12. The summed E-state index contributed by atoms with van der Waals surface area (Å²) in [6.07, 6.45) is 9.50. The molecule has 0 aliphatic heterocycles. The SMILES string of the molecule is C1=CCC=C1.Cc1ccccc1.[Mn]. The van der Waals surface area contributed by atoms with Gasteiger partial charge >= 0.3 is 0 Å². The van der Waals surface area contributed by atoms with Gasteiger partial charge in [-0.15, -0.1) is 0 Å². The van der Waals surface area contributed by atoms with Gasteiger partial charge in [-0.2, -0.15) is 0 Å². The van der Waals surface area contributed by atoms with E-state index in [1.165, 1.54) is 5.56 Å². The summed E-state index contributed by atoms with van der Waals surface area (Å²) in [5, 5.41) is 0. The van der Waals surface area contributed by atoms with Crippen molar-refractivity contribution in [3.63, 3.8) is 0 Å². The Morgan fingerprint density at radius 2 is 1.46 bits per heavy atom. The van der Waals surface area contributed by atoms with Crippen LogP contribution in [0.25, 0.3) is 0 Å². The minimum atomic E-state index is 0. The van der Waals surface area contributed by atoms with Crippen LogP contribution in [-0.2, 0) is 17.1 Å². The fraction of sp³-hybridized carbons (Fsp3) is 0.167. The molecule has 0 bridgehead atoms. The van der Waals surface area contributed by atoms with E-state index in [1.54, 1.807) is 0 Å². The molecule has 1 radical (unpaired) electrons. The van der Waals surface area contributed by atoms with Crippen molar-refractivity contribution in [2.24, 2.45) is 0 Å². The monoisotopic (exact) mass is 213 g/mol. The topological polar surface area (TPSA) is 0 Å². The van der Waals surface area contributed by atoms with Gasteiger partial charge in [0, 0.05) is 17.1 Å². The van der Waals surface area contributed by atoms with Crippen molar-refractivity contribution in [2.45, 2.75) is 13.3 Å². The molecule has 0 aromatic heterocycles. The molecule has 0 saturated heterocycles. The van der Waals surface area contributed by atoms with Gasteiger partial charge in [-0.1, -0.05) is 60.2 Å². The van der Waals surface area contributed by atoms with E-state index < -0.39 is 0 Å². The molecule has 1 aromatic rings. The van der Waals surface area contributed by atoms with E-state index in [0.717, 1.165) is 6.42 Å². The van der Waals surface area contributed by atoms with Crippen LogP contribution >= 0.6 is 0 Å². The van der Waals surface area contributed by atoms with Gasteiger partial charge in [-0.25, -0.2) is 0 Å². The Balaban J connectivity index is 0.000000215. The summed E-state index contributed by atoms with van der Waals surface area (Å²) in [4.78, 5) is 0. The first-order chi connectivity index (χ1) is 5.89. The standard InChI is InChI=1S/C7H8.C5H6.Mn/c1-7-5-3-2-4-6-7;1-2-4-5-3-1;/h2-6H,1H3;1-4H,5H2;. The molecule has 0 N–H and O–H groups in total. The van der Waals surface area contributed by atoms with Gasteiger partial charge in [-0.05, 0) is 13.3 Å². The third-order valence-electron chi connectivity index (χ3n) is 1.60. The summed E-state index contributed by atoms with van der Waals surface area (Å²) >= 11 is 0. The molecule has 0 spiro atoms. The zero-order chi connectivity index (χ0) is 8.65. The summed E-state index contributed by atoms with van der Waals surface area (Å²) in [6.45, 7) is 2.08. The smallest absolute Gasteiger partial charge is 0 e. The summed E-state index contributed by atoms with van der Waals surface area (Å²) in [7, 11) is 0. The second kappa shape index (κ2) is 7.85. The van der Waals surface area contributed by atoms with E-state index in [-0.39, 0.29) is 17.1 Å². The van der Waals surface area contributed by atoms with Crippen LogP contribution < -0.4 is 0 Å². The van der Waals surface area contributed by atoms with Crippen LogP contribution in [0.3, 0.4) is 0 Å². The molecular formula is C12H14Mn. The molecule has 1 heteroatoms. The number of hydrogen-bond acceptors (Lipinski definition) is 0. The zero-order valence-electron chi connectivity index (χ0n) is 7.78. The second-order valence-electron chi connectivity index (χ2n) is 2.75. The molecule has 1 aromatic carbocycles. The molecule has 0 amide bonds. The molecule has 0 saturated carbocycles. The Morgan fingerprint density at radius 3 is 1.69 bits per heavy atom. The third-order valence-corrected chi connectivity index (χ3v) is 1.60. The van der Waals surface area contributed by atoms with E-state index in [2.05, 4.69) is 43.4 Å². The number of aryl methyl sites for hydroxylation is 1. The first kappa shape index (κ1) is 12.2. The molecule has 2 rings (SSSR count). The van der Waals surface area contributed by atoms with Crippen molar-refractivity contribution in [3.8, 4) is 0 Å². The Hall–Kier alpha value is -0.781. The fourth-order valence-corrected chi connectivity index (χ4v) is 0.927. The number of hydrogen-bond donors (Lipinski definition) is 0. The Labute approximate surface area is 90.8 Å². The van der Waals surface area contributed by atoms with E-state index >= 15 is 0 Å². The molecule has 0 nitrogen and oxygen atoms in total. The van der Waals surface area contributed by atoms with E-state index in [0.29, 0.717) is 0 Å². The average Bonchev–Trinajstić information content (AvgIpc) is 2.62. The second-order valence-corrected chi connectivity index (χ2v) is 2.75. The number of benzene rings is 1. The largest absolute Gasteiger partial charge is 0.0808 e. The van der Waals surface area contributed by atoms with Crippen LogP contribution in [0.5, 0.6) is 0 Å². The average molecular weight is 213 g/mol. The summed E-state index contributed by atoms with van der Waals surface area (Å²) in [5.74, 6) is 0. The quantitative estimate of drug-likeness (QED) is 0.578. The Morgan fingerprint density at radius 1 is 0.923 bits per heavy atom. The first-order valence-electron chi connectivity index (χ1n) is 4.23. The van der Waals surface area contributed by atoms with Gasteiger partial charge in [0.05, 0.1) is 0 Å². The van der Waals surface area contributed by atoms with Crippen LogP contribution in [0.2, 0.25) is 0 Å². The predicted octanol–water partition coefficient (Wildman–Crippen LogP) is 3.50. The van der Waals surface area contributed by atoms with Crippen LogP contribution in [0.1, 0.15) is 12.0 Å². The van der Waals surface area contributed by atoms with Gasteiger partial charge in [0.25, 0.3) is 0 Å². The van der Waals surface area contributed by atoms with Crippen molar-refractivity contribution in [3.05, 3.63) is 60.2 Å². The maximum Gasteiger partial charge on any atom is 0 e. The van der Waals surface area contributed by atoms with Crippen molar-refractivity contribution < 1.29 is 17.1 Å². The minimum Gasteiger partial charge on any atom is -0.0808 e. The zero-order valence-corrected chi connectivity index (χ0v) is 8.96. The molecule has 0 fully saturated rings. The van der Waals surface area contributed by atoms with Crippen molar-refractivity contribution in [2.75, 3.05) is 0 Å². The van der Waals surface area contributed by atoms with Crippen LogP contribution in [0.4, 0.5) is 0 Å². The molecular weight excluding hydrogens is 199 g/mol. The van der Waals surface area contributed by atoms with Gasteiger partial charge in [0.1, 0.15) is 0 Å². The predicted molar refractivity (Wildman–Crippen MR) is 54.1 cm³/mol. The van der Waals surface area contributed by atoms with Crippen molar-refractivity contribution >= 4 is 0 Å². The first-order valence-corrected chi connectivity index (χ1v) is 4.23. The molecule has 69 valence electrons. The van der Waals surface area contributed by atoms with Crippen LogP contribution in [0.15, 0.2) is 54.6 Å². The Bertz CT molecular complexity index is 250. The van der Waals surface area contributed by atoms with E-state index in [9.17, 15) is 0 Å². The fourth-order valence-electron chi connectivity index (χ4n) is 0.927. The summed E-state index contributed by atoms with van der Waals surface area (Å²) < 4.78 is 0. The van der Waals surface area contributed by atoms with Crippen molar-refractivity contribution in [1.29, 1.82) is 0 Å². The van der Waals surface area contributed by atoms with Gasteiger partial charge < -0.3 is 0 Å². The Kier molecular flexibility index (Phi) is 7.38. The normalized spacial score (nSPS) is 11.5. The summed E-state index contributed by atoms with van der Waals surface area (Å²) in [5.41, 5.74) is 1.32. The molecule has 1 aliphatic carbocycles.